The van der Waals surface area contributed by atoms with Gasteiger partial charge in [-0.2, -0.15) is 0 Å². The van der Waals surface area contributed by atoms with Gasteiger partial charge < -0.3 is 9.64 Å². The summed E-state index contributed by atoms with van der Waals surface area (Å²) in [6, 6.07) is 4.19. The first-order valence-electron chi connectivity index (χ1n) is 10.8. The van der Waals surface area contributed by atoms with Crippen LogP contribution in [0.3, 0.4) is 0 Å². The van der Waals surface area contributed by atoms with Crippen LogP contribution in [0.4, 0.5) is 0 Å². The quantitative estimate of drug-likeness (QED) is 0.774. The smallest absolute Gasteiger partial charge is 0.240 e. The van der Waals surface area contributed by atoms with Gasteiger partial charge in [-0.25, -0.2) is 9.50 Å². The maximum Gasteiger partial charge on any atom is 0.240 e. The predicted molar refractivity (Wildman–Crippen MR) is 112 cm³/mol. The molecule has 4 rings (SSSR count). The van der Waals surface area contributed by atoms with Crippen molar-refractivity contribution in [2.75, 3.05) is 26.2 Å². The van der Waals surface area contributed by atoms with Crippen LogP contribution in [0.15, 0.2) is 18.3 Å². The van der Waals surface area contributed by atoms with Gasteiger partial charge in [0.2, 0.25) is 11.8 Å². The minimum absolute atomic E-state index is 0.00908. The molecule has 0 aromatic carbocycles. The summed E-state index contributed by atoms with van der Waals surface area (Å²) in [5.74, 6) is 1.35. The van der Waals surface area contributed by atoms with Gasteiger partial charge in [-0.1, -0.05) is 20.8 Å². The van der Waals surface area contributed by atoms with Gasteiger partial charge in [-0.3, -0.25) is 9.69 Å². The van der Waals surface area contributed by atoms with Gasteiger partial charge in [0.15, 0.2) is 5.65 Å². The van der Waals surface area contributed by atoms with Crippen LogP contribution in [0, 0.1) is 5.92 Å². The summed E-state index contributed by atoms with van der Waals surface area (Å²) in [6.07, 6.45) is 3.98. The maximum absolute atomic E-state index is 12.7. The summed E-state index contributed by atoms with van der Waals surface area (Å²) >= 11 is 0. The molecule has 2 unspecified atom stereocenters. The average molecular weight is 400 g/mol. The minimum atomic E-state index is -0.00908. The van der Waals surface area contributed by atoms with Gasteiger partial charge in [-0.05, 0) is 39.3 Å². The Morgan fingerprint density at radius 3 is 2.69 bits per heavy atom. The van der Waals surface area contributed by atoms with E-state index in [0.29, 0.717) is 24.3 Å². The molecule has 0 aliphatic carbocycles. The molecule has 2 fully saturated rings. The SMILES string of the molecule is CC(C)N1CCC(N2CCC(COc3ccc4nc(C(C)(C)C)cn4n3)C2)C1=O. The second-order valence-electron chi connectivity index (χ2n) is 9.74. The number of carbonyl (C=O) groups excluding carboxylic acids is 1. The van der Waals surface area contributed by atoms with Crippen LogP contribution < -0.4 is 4.74 Å². The van der Waals surface area contributed by atoms with E-state index in [1.165, 1.54) is 0 Å². The van der Waals surface area contributed by atoms with Crippen LogP contribution in [0.5, 0.6) is 5.88 Å². The fourth-order valence-electron chi connectivity index (χ4n) is 4.33. The van der Waals surface area contributed by atoms with E-state index in [1.54, 1.807) is 4.52 Å². The number of hydrogen-bond acceptors (Lipinski definition) is 5. The van der Waals surface area contributed by atoms with E-state index in [2.05, 4.69) is 49.6 Å². The van der Waals surface area contributed by atoms with Crippen LogP contribution in [-0.4, -0.2) is 68.6 Å². The normalized spacial score (nSPS) is 23.7. The fraction of sp³-hybridized carbons (Fsp3) is 0.682. The Morgan fingerprint density at radius 1 is 1.21 bits per heavy atom. The third-order valence-corrected chi connectivity index (χ3v) is 6.12. The van der Waals surface area contributed by atoms with Crippen molar-refractivity contribution in [1.82, 2.24) is 24.4 Å². The van der Waals surface area contributed by atoms with Crippen molar-refractivity contribution in [1.29, 1.82) is 0 Å². The molecule has 1 amide bonds. The van der Waals surface area contributed by atoms with Crippen molar-refractivity contribution < 1.29 is 9.53 Å². The molecule has 2 aliphatic heterocycles. The number of amides is 1. The van der Waals surface area contributed by atoms with E-state index in [0.717, 1.165) is 43.8 Å². The summed E-state index contributed by atoms with van der Waals surface area (Å²) < 4.78 is 7.81. The van der Waals surface area contributed by atoms with Gasteiger partial charge in [0, 0.05) is 36.5 Å². The molecule has 2 aromatic heterocycles. The standard InChI is InChI=1S/C22H33N5O2/c1-15(2)26-11-9-17(21(26)28)25-10-8-16(12-25)14-29-20-7-6-19-23-18(22(3,4)5)13-27(19)24-20/h6-7,13,15-17H,8-12,14H2,1-5H3. The minimum Gasteiger partial charge on any atom is -0.476 e. The number of aromatic nitrogens is 3. The van der Waals surface area contributed by atoms with Crippen LogP contribution >= 0.6 is 0 Å². The Morgan fingerprint density at radius 2 is 2.00 bits per heavy atom. The molecule has 2 aromatic rings. The summed E-state index contributed by atoms with van der Waals surface area (Å²) in [5.41, 5.74) is 1.85. The van der Waals surface area contributed by atoms with Gasteiger partial charge in [0.05, 0.1) is 24.5 Å². The molecule has 158 valence electrons. The van der Waals surface area contributed by atoms with E-state index in [-0.39, 0.29) is 17.5 Å². The van der Waals surface area contributed by atoms with Crippen molar-refractivity contribution in [2.24, 2.45) is 5.92 Å². The lowest BCUT2D eigenvalue weighted by atomic mass is 9.93. The zero-order chi connectivity index (χ0) is 20.8. The van der Waals surface area contributed by atoms with Crippen LogP contribution in [-0.2, 0) is 10.2 Å². The lowest BCUT2D eigenvalue weighted by molar-refractivity contribution is -0.133. The first kappa shape index (κ1) is 20.1. The predicted octanol–water partition coefficient (Wildman–Crippen LogP) is 2.74. The second kappa shape index (κ2) is 7.59. The Hall–Kier alpha value is -2.15. The maximum atomic E-state index is 12.7. The molecule has 4 heterocycles. The number of ether oxygens (including phenoxy) is 1. The zero-order valence-electron chi connectivity index (χ0n) is 18.3. The van der Waals surface area contributed by atoms with Crippen LogP contribution in [0.1, 0.15) is 53.2 Å². The van der Waals surface area contributed by atoms with E-state index in [4.69, 9.17) is 4.74 Å². The zero-order valence-corrected chi connectivity index (χ0v) is 18.3. The Balaban J connectivity index is 1.34. The van der Waals surface area contributed by atoms with Crippen molar-refractivity contribution in [3.63, 3.8) is 0 Å². The number of fused-ring (bicyclic) bond motifs is 1. The molecule has 7 nitrogen and oxygen atoms in total. The molecule has 2 saturated heterocycles. The van der Waals surface area contributed by atoms with Gasteiger partial charge in [0.25, 0.3) is 0 Å². The number of carbonyl (C=O) groups is 1. The van der Waals surface area contributed by atoms with E-state index >= 15 is 0 Å². The highest BCUT2D eigenvalue weighted by molar-refractivity contribution is 5.84. The second-order valence-corrected chi connectivity index (χ2v) is 9.74. The molecule has 0 radical (unpaired) electrons. The molecule has 0 spiro atoms. The van der Waals surface area contributed by atoms with Crippen molar-refractivity contribution in [3.05, 3.63) is 24.0 Å². The largest absolute Gasteiger partial charge is 0.476 e. The number of nitrogens with zero attached hydrogens (tertiary/aromatic N) is 5. The topological polar surface area (TPSA) is 63.0 Å². The average Bonchev–Trinajstić information content (AvgIpc) is 3.36. The summed E-state index contributed by atoms with van der Waals surface area (Å²) in [7, 11) is 0. The van der Waals surface area contributed by atoms with Crippen molar-refractivity contribution in [2.45, 2.75) is 65.0 Å². The number of rotatable bonds is 5. The molecular weight excluding hydrogens is 366 g/mol. The Labute approximate surface area is 173 Å². The third-order valence-electron chi connectivity index (χ3n) is 6.12. The molecule has 0 N–H and O–H groups in total. The van der Waals surface area contributed by atoms with E-state index in [1.807, 2.05) is 23.2 Å². The highest BCUT2D eigenvalue weighted by atomic mass is 16.5. The lowest BCUT2D eigenvalue weighted by Gasteiger charge is -2.25. The van der Waals surface area contributed by atoms with Crippen LogP contribution in [0.2, 0.25) is 0 Å². The summed E-state index contributed by atoms with van der Waals surface area (Å²) in [6.45, 7) is 14.0. The molecule has 2 atom stereocenters. The molecular formula is C22H33N5O2. The van der Waals surface area contributed by atoms with Crippen LogP contribution in [0.25, 0.3) is 5.65 Å². The monoisotopic (exact) mass is 399 g/mol. The molecule has 7 heteroatoms. The Kier molecular flexibility index (Phi) is 5.27. The molecule has 29 heavy (non-hydrogen) atoms. The van der Waals surface area contributed by atoms with Gasteiger partial charge in [0.1, 0.15) is 0 Å². The Bertz CT molecular complexity index is 885. The number of likely N-dealkylation sites (tertiary alicyclic amines) is 2. The molecule has 2 aliphatic rings. The third kappa shape index (κ3) is 4.10. The van der Waals surface area contributed by atoms with Gasteiger partial charge in [-0.15, -0.1) is 5.10 Å². The number of imidazole rings is 1. The van der Waals surface area contributed by atoms with Crippen molar-refractivity contribution in [3.8, 4) is 5.88 Å². The van der Waals surface area contributed by atoms with E-state index in [9.17, 15) is 4.79 Å². The van der Waals surface area contributed by atoms with Crippen molar-refractivity contribution >= 4 is 11.6 Å². The number of hydrogen-bond donors (Lipinski definition) is 0. The highest BCUT2D eigenvalue weighted by Crippen LogP contribution is 2.26. The lowest BCUT2D eigenvalue weighted by Crippen LogP contribution is -2.42. The summed E-state index contributed by atoms with van der Waals surface area (Å²) in [4.78, 5) is 21.6. The molecule has 0 saturated carbocycles. The highest BCUT2D eigenvalue weighted by Gasteiger charge is 2.39. The van der Waals surface area contributed by atoms with Gasteiger partial charge >= 0.3 is 0 Å². The molecule has 0 bridgehead atoms. The summed E-state index contributed by atoms with van der Waals surface area (Å²) in [5, 5.41) is 4.57. The first-order chi connectivity index (χ1) is 13.7. The fourth-order valence-corrected chi connectivity index (χ4v) is 4.33. The first-order valence-corrected chi connectivity index (χ1v) is 10.8. The van der Waals surface area contributed by atoms with E-state index < -0.39 is 0 Å².